The van der Waals surface area contributed by atoms with E-state index in [-0.39, 0.29) is 23.0 Å². The summed E-state index contributed by atoms with van der Waals surface area (Å²) in [5, 5.41) is 0. The number of amides is 1. The predicted octanol–water partition coefficient (Wildman–Crippen LogP) is 5.63. The molecule has 1 atom stereocenters. The van der Waals surface area contributed by atoms with Crippen LogP contribution in [0.2, 0.25) is 0 Å². The molecule has 0 spiro atoms. The van der Waals surface area contributed by atoms with Crippen molar-refractivity contribution in [1.29, 1.82) is 0 Å². The van der Waals surface area contributed by atoms with Gasteiger partial charge in [-0.1, -0.05) is 36.4 Å². The molecule has 0 aliphatic carbocycles. The molecule has 164 valence electrons. The fraction of sp³-hybridized carbons (Fsp3) is 0.208. The van der Waals surface area contributed by atoms with Crippen molar-refractivity contribution in [1.82, 2.24) is 4.98 Å². The monoisotopic (exact) mass is 439 g/mol. The molecule has 1 aliphatic rings. The van der Waals surface area contributed by atoms with Gasteiger partial charge in [-0.15, -0.1) is 0 Å². The Bertz CT molecular complexity index is 1190. The molecule has 0 N–H and O–H groups in total. The molecule has 4 rings (SSSR count). The number of aryl methyl sites for hydroxylation is 2. The van der Waals surface area contributed by atoms with Gasteiger partial charge in [0.25, 0.3) is 0 Å². The first-order valence-electron chi connectivity index (χ1n) is 9.89. The van der Waals surface area contributed by atoms with Crippen LogP contribution in [0.3, 0.4) is 0 Å². The molecule has 1 amide bonds. The Balaban J connectivity index is 2.06. The van der Waals surface area contributed by atoms with Crippen LogP contribution in [0.1, 0.15) is 23.7 Å². The number of halogens is 3. The van der Waals surface area contributed by atoms with Crippen LogP contribution in [0.4, 0.5) is 24.5 Å². The number of carbonyl (C=O) groups is 1. The number of rotatable bonds is 2. The van der Waals surface area contributed by atoms with E-state index in [9.17, 15) is 18.0 Å². The summed E-state index contributed by atoms with van der Waals surface area (Å²) in [4.78, 5) is 22.4. The van der Waals surface area contributed by atoms with Gasteiger partial charge in [-0.05, 0) is 56.2 Å². The van der Waals surface area contributed by atoms with Crippen molar-refractivity contribution in [2.75, 3.05) is 4.90 Å². The van der Waals surface area contributed by atoms with Gasteiger partial charge in [-0.25, -0.2) is 4.99 Å². The number of hydrogen-bond acceptors (Lipinski definition) is 4. The van der Waals surface area contributed by atoms with Gasteiger partial charge in [0.05, 0.1) is 17.1 Å². The first-order chi connectivity index (χ1) is 15.1. The highest BCUT2D eigenvalue weighted by atomic mass is 19.4. The molecule has 1 unspecified atom stereocenters. The van der Waals surface area contributed by atoms with Crippen LogP contribution in [0.25, 0.3) is 0 Å². The number of ether oxygens (including phenoxy) is 1. The summed E-state index contributed by atoms with van der Waals surface area (Å²) in [5.74, 6) is -2.01. The van der Waals surface area contributed by atoms with Gasteiger partial charge >= 0.3 is 12.1 Å². The van der Waals surface area contributed by atoms with Gasteiger partial charge in [-0.3, -0.25) is 14.7 Å². The zero-order valence-electron chi connectivity index (χ0n) is 17.6. The van der Waals surface area contributed by atoms with Crippen LogP contribution < -0.4 is 9.64 Å². The van der Waals surface area contributed by atoms with Crippen LogP contribution in [0.15, 0.2) is 71.9 Å². The standard InChI is InChI=1S/C24H20F3N3O2/c1-15-9-8-10-16(2)20(15)29-21-23(3,19-13-6-7-14-28-19)30(22(31)24(25,26)27)17-11-4-5-12-18(17)32-21/h4-14H,1-3H3. The van der Waals surface area contributed by atoms with Gasteiger partial charge in [0.15, 0.2) is 11.3 Å². The minimum Gasteiger partial charge on any atom is -0.438 e. The van der Waals surface area contributed by atoms with E-state index in [0.29, 0.717) is 10.6 Å². The smallest absolute Gasteiger partial charge is 0.438 e. The lowest BCUT2D eigenvalue weighted by molar-refractivity contribution is -0.171. The predicted molar refractivity (Wildman–Crippen MR) is 115 cm³/mol. The molecule has 1 aliphatic heterocycles. The molecule has 2 heterocycles. The lowest BCUT2D eigenvalue weighted by Gasteiger charge is -2.44. The van der Waals surface area contributed by atoms with Crippen molar-refractivity contribution in [3.63, 3.8) is 0 Å². The third-order valence-corrected chi connectivity index (χ3v) is 5.44. The van der Waals surface area contributed by atoms with E-state index < -0.39 is 17.6 Å². The van der Waals surface area contributed by atoms with Crippen molar-refractivity contribution in [3.05, 3.63) is 83.7 Å². The SMILES string of the molecule is Cc1cccc(C)c1N=C1Oc2ccccc2N(C(=O)C(F)(F)F)C1(C)c1ccccn1. The Kier molecular flexibility index (Phi) is 5.24. The van der Waals surface area contributed by atoms with Gasteiger partial charge in [0.2, 0.25) is 5.90 Å². The number of para-hydroxylation sites is 3. The molecule has 0 saturated heterocycles. The number of anilines is 1. The summed E-state index contributed by atoms with van der Waals surface area (Å²) in [6.45, 7) is 5.15. The molecular formula is C24H20F3N3O2. The third kappa shape index (κ3) is 3.51. The maximum absolute atomic E-state index is 13.8. The molecule has 8 heteroatoms. The molecule has 0 fully saturated rings. The molecule has 1 aromatic heterocycles. The maximum atomic E-state index is 13.8. The number of alkyl halides is 3. The van der Waals surface area contributed by atoms with E-state index in [1.54, 1.807) is 30.3 Å². The minimum absolute atomic E-state index is 0.0107. The van der Waals surface area contributed by atoms with Crippen LogP contribution in [0.5, 0.6) is 5.75 Å². The summed E-state index contributed by atoms with van der Waals surface area (Å²) in [7, 11) is 0. The zero-order valence-corrected chi connectivity index (χ0v) is 17.6. The Labute approximate surface area is 183 Å². The summed E-state index contributed by atoms with van der Waals surface area (Å²) < 4.78 is 47.4. The lowest BCUT2D eigenvalue weighted by Crippen LogP contribution is -2.60. The van der Waals surface area contributed by atoms with Crippen LogP contribution >= 0.6 is 0 Å². The molecule has 2 aromatic carbocycles. The number of fused-ring (bicyclic) bond motifs is 1. The molecule has 0 bridgehead atoms. The molecule has 3 aromatic rings. The van der Waals surface area contributed by atoms with Crippen molar-refractivity contribution >= 4 is 23.2 Å². The van der Waals surface area contributed by atoms with Gasteiger partial charge in [-0.2, -0.15) is 13.2 Å². The summed E-state index contributed by atoms with van der Waals surface area (Å²) in [6, 6.07) is 16.5. The maximum Gasteiger partial charge on any atom is 0.471 e. The van der Waals surface area contributed by atoms with E-state index in [1.165, 1.54) is 25.3 Å². The second-order valence-corrected chi connectivity index (χ2v) is 7.65. The number of aliphatic imine (C=N–C) groups is 1. The topological polar surface area (TPSA) is 54.8 Å². The fourth-order valence-corrected chi connectivity index (χ4v) is 3.80. The van der Waals surface area contributed by atoms with Crippen molar-refractivity contribution in [2.45, 2.75) is 32.5 Å². The largest absolute Gasteiger partial charge is 0.471 e. The van der Waals surface area contributed by atoms with Crippen LogP contribution in [0, 0.1) is 13.8 Å². The quantitative estimate of drug-likeness (QED) is 0.520. The number of hydrogen-bond donors (Lipinski definition) is 0. The van der Waals surface area contributed by atoms with Crippen molar-refractivity contribution in [3.8, 4) is 5.75 Å². The zero-order chi connectivity index (χ0) is 23.1. The second-order valence-electron chi connectivity index (χ2n) is 7.65. The third-order valence-electron chi connectivity index (χ3n) is 5.44. The normalized spacial score (nSPS) is 19.4. The number of nitrogens with zero attached hydrogens (tertiary/aromatic N) is 3. The molecule has 32 heavy (non-hydrogen) atoms. The number of carbonyl (C=O) groups excluding carboxylic acids is 1. The minimum atomic E-state index is -5.12. The van der Waals surface area contributed by atoms with Gasteiger partial charge in [0, 0.05) is 6.20 Å². The van der Waals surface area contributed by atoms with E-state index in [1.807, 2.05) is 32.0 Å². The van der Waals surface area contributed by atoms with Crippen LogP contribution in [-0.4, -0.2) is 23.0 Å². The highest BCUT2D eigenvalue weighted by Crippen LogP contribution is 2.46. The summed E-state index contributed by atoms with van der Waals surface area (Å²) >= 11 is 0. The average molecular weight is 439 g/mol. The lowest BCUT2D eigenvalue weighted by atomic mass is 9.90. The van der Waals surface area contributed by atoms with E-state index in [0.717, 1.165) is 11.1 Å². The number of pyridine rings is 1. The summed E-state index contributed by atoms with van der Waals surface area (Å²) in [5.41, 5.74) is 0.620. The Morgan fingerprint density at radius 3 is 2.28 bits per heavy atom. The fourth-order valence-electron chi connectivity index (χ4n) is 3.80. The van der Waals surface area contributed by atoms with Crippen molar-refractivity contribution < 1.29 is 22.7 Å². The molecule has 0 radical (unpaired) electrons. The van der Waals surface area contributed by atoms with Crippen molar-refractivity contribution in [2.24, 2.45) is 4.99 Å². The van der Waals surface area contributed by atoms with Crippen LogP contribution in [-0.2, 0) is 10.3 Å². The molecule has 5 nitrogen and oxygen atoms in total. The molecule has 0 saturated carbocycles. The Hall–Kier alpha value is -3.68. The number of benzene rings is 2. The van der Waals surface area contributed by atoms with E-state index in [4.69, 9.17) is 4.74 Å². The van der Waals surface area contributed by atoms with Gasteiger partial charge < -0.3 is 4.74 Å². The van der Waals surface area contributed by atoms with E-state index in [2.05, 4.69) is 9.98 Å². The summed E-state index contributed by atoms with van der Waals surface area (Å²) in [6.07, 6.45) is -3.67. The highest BCUT2D eigenvalue weighted by Gasteiger charge is 2.56. The first kappa shape index (κ1) is 21.5. The second kappa shape index (κ2) is 7.78. The molecular weight excluding hydrogens is 419 g/mol. The average Bonchev–Trinajstić information content (AvgIpc) is 2.76. The number of aromatic nitrogens is 1. The highest BCUT2D eigenvalue weighted by molar-refractivity contribution is 6.10. The van der Waals surface area contributed by atoms with Gasteiger partial charge in [0.1, 0.15) is 0 Å². The first-order valence-corrected chi connectivity index (χ1v) is 9.89. The Morgan fingerprint density at radius 1 is 1.00 bits per heavy atom. The van der Waals surface area contributed by atoms with E-state index >= 15 is 0 Å². The Morgan fingerprint density at radius 2 is 1.66 bits per heavy atom.